The molecule has 3 heteroatoms. The standard InChI is InChI=1S/C7H13BrO2/c1-6(4-5-8)2-3-7(9)10/h6H,2-5H2,1H3,(H,9,10). The van der Waals surface area contributed by atoms with E-state index in [1.165, 1.54) is 0 Å². The van der Waals surface area contributed by atoms with E-state index in [9.17, 15) is 4.79 Å². The molecule has 0 saturated carbocycles. The molecular formula is C7H13BrO2. The van der Waals surface area contributed by atoms with Crippen molar-refractivity contribution in [3.63, 3.8) is 0 Å². The largest absolute Gasteiger partial charge is 0.481 e. The van der Waals surface area contributed by atoms with Gasteiger partial charge in [0.1, 0.15) is 0 Å². The summed E-state index contributed by atoms with van der Waals surface area (Å²) < 4.78 is 0. The first kappa shape index (κ1) is 9.95. The van der Waals surface area contributed by atoms with E-state index in [1.807, 2.05) is 0 Å². The summed E-state index contributed by atoms with van der Waals surface area (Å²) in [5.74, 6) is -0.170. The first-order valence-corrected chi connectivity index (χ1v) is 4.56. The lowest BCUT2D eigenvalue weighted by Crippen LogP contribution is -2.01. The molecule has 0 aromatic rings. The fourth-order valence-electron chi connectivity index (χ4n) is 0.700. The van der Waals surface area contributed by atoms with Gasteiger partial charge in [0.2, 0.25) is 0 Å². The molecule has 0 amide bonds. The van der Waals surface area contributed by atoms with Crippen LogP contribution in [-0.4, -0.2) is 16.4 Å². The van der Waals surface area contributed by atoms with Crippen molar-refractivity contribution >= 4 is 21.9 Å². The van der Waals surface area contributed by atoms with E-state index in [0.29, 0.717) is 12.3 Å². The number of carbonyl (C=O) groups is 1. The zero-order valence-electron chi connectivity index (χ0n) is 6.14. The Morgan fingerprint density at radius 3 is 2.60 bits per heavy atom. The van der Waals surface area contributed by atoms with Gasteiger partial charge in [0.05, 0.1) is 0 Å². The minimum Gasteiger partial charge on any atom is -0.481 e. The summed E-state index contributed by atoms with van der Waals surface area (Å²) in [4.78, 5) is 10.1. The molecule has 1 unspecified atom stereocenters. The van der Waals surface area contributed by atoms with Crippen LogP contribution in [0, 0.1) is 5.92 Å². The van der Waals surface area contributed by atoms with Crippen molar-refractivity contribution in [2.24, 2.45) is 5.92 Å². The van der Waals surface area contributed by atoms with E-state index in [-0.39, 0.29) is 0 Å². The number of aliphatic carboxylic acids is 1. The van der Waals surface area contributed by atoms with E-state index >= 15 is 0 Å². The van der Waals surface area contributed by atoms with Gasteiger partial charge in [-0.3, -0.25) is 4.79 Å². The van der Waals surface area contributed by atoms with Crippen molar-refractivity contribution in [2.45, 2.75) is 26.2 Å². The zero-order chi connectivity index (χ0) is 7.98. The van der Waals surface area contributed by atoms with Gasteiger partial charge in [-0.25, -0.2) is 0 Å². The van der Waals surface area contributed by atoms with Crippen LogP contribution in [0.2, 0.25) is 0 Å². The van der Waals surface area contributed by atoms with Gasteiger partial charge in [0, 0.05) is 11.8 Å². The molecule has 0 aromatic carbocycles. The van der Waals surface area contributed by atoms with E-state index in [4.69, 9.17) is 5.11 Å². The van der Waals surface area contributed by atoms with E-state index < -0.39 is 5.97 Å². The smallest absolute Gasteiger partial charge is 0.303 e. The Morgan fingerprint density at radius 1 is 1.60 bits per heavy atom. The average Bonchev–Trinajstić information content (AvgIpc) is 1.85. The average molecular weight is 209 g/mol. The Bertz CT molecular complexity index is 104. The van der Waals surface area contributed by atoms with Crippen molar-refractivity contribution < 1.29 is 9.90 Å². The van der Waals surface area contributed by atoms with Gasteiger partial charge in [0.25, 0.3) is 0 Å². The highest BCUT2D eigenvalue weighted by Crippen LogP contribution is 2.10. The molecule has 10 heavy (non-hydrogen) atoms. The maximum atomic E-state index is 10.1. The first-order valence-electron chi connectivity index (χ1n) is 3.44. The lowest BCUT2D eigenvalue weighted by atomic mass is 10.0. The molecule has 2 nitrogen and oxygen atoms in total. The molecule has 0 fully saturated rings. The van der Waals surface area contributed by atoms with Crippen molar-refractivity contribution in [3.8, 4) is 0 Å². The molecule has 0 heterocycles. The van der Waals surface area contributed by atoms with Gasteiger partial charge in [-0.1, -0.05) is 22.9 Å². The van der Waals surface area contributed by atoms with Crippen LogP contribution < -0.4 is 0 Å². The van der Waals surface area contributed by atoms with Crippen LogP contribution in [0.5, 0.6) is 0 Å². The fourth-order valence-corrected chi connectivity index (χ4v) is 1.48. The molecule has 0 aliphatic carbocycles. The fraction of sp³-hybridized carbons (Fsp3) is 0.857. The van der Waals surface area contributed by atoms with Gasteiger partial charge in [-0.2, -0.15) is 0 Å². The number of hydrogen-bond acceptors (Lipinski definition) is 1. The molecule has 0 aliphatic rings. The summed E-state index contributed by atoms with van der Waals surface area (Å²) in [6.07, 6.45) is 2.16. The first-order chi connectivity index (χ1) is 4.66. The lowest BCUT2D eigenvalue weighted by Gasteiger charge is -2.05. The summed E-state index contributed by atoms with van der Waals surface area (Å²) in [5.41, 5.74) is 0. The highest BCUT2D eigenvalue weighted by atomic mass is 79.9. The number of rotatable bonds is 5. The summed E-state index contributed by atoms with van der Waals surface area (Å²) in [6, 6.07) is 0. The summed E-state index contributed by atoms with van der Waals surface area (Å²) >= 11 is 3.31. The minimum atomic E-state index is -0.693. The molecule has 0 spiro atoms. The van der Waals surface area contributed by atoms with Crippen LogP contribution in [0.4, 0.5) is 0 Å². The van der Waals surface area contributed by atoms with Gasteiger partial charge < -0.3 is 5.11 Å². The molecular weight excluding hydrogens is 196 g/mol. The van der Waals surface area contributed by atoms with E-state index in [1.54, 1.807) is 0 Å². The van der Waals surface area contributed by atoms with E-state index in [2.05, 4.69) is 22.9 Å². The molecule has 0 bridgehead atoms. The number of hydrogen-bond donors (Lipinski definition) is 1. The Hall–Kier alpha value is -0.0500. The summed E-state index contributed by atoms with van der Waals surface area (Å²) in [6.45, 7) is 2.07. The van der Waals surface area contributed by atoms with E-state index in [0.717, 1.165) is 18.2 Å². The van der Waals surface area contributed by atoms with Crippen LogP contribution >= 0.6 is 15.9 Å². The van der Waals surface area contributed by atoms with Gasteiger partial charge in [0.15, 0.2) is 0 Å². The normalized spacial score (nSPS) is 13.0. The number of carboxylic acids is 1. The van der Waals surface area contributed by atoms with Gasteiger partial charge in [-0.05, 0) is 18.8 Å². The van der Waals surface area contributed by atoms with Gasteiger partial charge in [-0.15, -0.1) is 0 Å². The molecule has 1 atom stereocenters. The van der Waals surface area contributed by atoms with Crippen LogP contribution in [0.1, 0.15) is 26.2 Å². The third kappa shape index (κ3) is 6.08. The van der Waals surface area contributed by atoms with Crippen LogP contribution in [-0.2, 0) is 4.79 Å². The quantitative estimate of drug-likeness (QED) is 0.705. The predicted molar refractivity (Wildman–Crippen MR) is 44.4 cm³/mol. The van der Waals surface area contributed by atoms with Crippen LogP contribution in [0.3, 0.4) is 0 Å². The lowest BCUT2D eigenvalue weighted by molar-refractivity contribution is -0.137. The number of alkyl halides is 1. The summed E-state index contributed by atoms with van der Waals surface area (Å²) in [7, 11) is 0. The van der Waals surface area contributed by atoms with Crippen molar-refractivity contribution in [1.29, 1.82) is 0 Å². The Kier molecular flexibility index (Phi) is 5.69. The highest BCUT2D eigenvalue weighted by Gasteiger charge is 2.03. The second kappa shape index (κ2) is 5.71. The highest BCUT2D eigenvalue weighted by molar-refractivity contribution is 9.09. The van der Waals surface area contributed by atoms with Crippen molar-refractivity contribution in [3.05, 3.63) is 0 Å². The third-order valence-electron chi connectivity index (χ3n) is 1.45. The molecule has 0 radical (unpaired) electrons. The molecule has 0 aliphatic heterocycles. The number of carboxylic acid groups (broad SMARTS) is 1. The maximum Gasteiger partial charge on any atom is 0.303 e. The van der Waals surface area contributed by atoms with Crippen molar-refractivity contribution in [2.75, 3.05) is 5.33 Å². The topological polar surface area (TPSA) is 37.3 Å². The molecule has 0 rings (SSSR count). The molecule has 0 saturated heterocycles. The van der Waals surface area contributed by atoms with Gasteiger partial charge >= 0.3 is 5.97 Å². The third-order valence-corrected chi connectivity index (χ3v) is 1.91. The Balaban J connectivity index is 3.21. The Labute approximate surface area is 69.8 Å². The van der Waals surface area contributed by atoms with Crippen LogP contribution in [0.25, 0.3) is 0 Å². The molecule has 1 N–H and O–H groups in total. The minimum absolute atomic E-state index is 0.300. The Morgan fingerprint density at radius 2 is 2.20 bits per heavy atom. The second-order valence-electron chi connectivity index (χ2n) is 2.52. The maximum absolute atomic E-state index is 10.1. The number of halogens is 1. The van der Waals surface area contributed by atoms with Crippen LogP contribution in [0.15, 0.2) is 0 Å². The monoisotopic (exact) mass is 208 g/mol. The summed E-state index contributed by atoms with van der Waals surface area (Å²) in [5, 5.41) is 9.28. The zero-order valence-corrected chi connectivity index (χ0v) is 7.73. The molecule has 60 valence electrons. The molecule has 0 aromatic heterocycles. The van der Waals surface area contributed by atoms with Crippen molar-refractivity contribution in [1.82, 2.24) is 0 Å². The SMILES string of the molecule is CC(CCBr)CCC(=O)O. The second-order valence-corrected chi connectivity index (χ2v) is 3.31. The predicted octanol–water partition coefficient (Wildman–Crippen LogP) is 2.27.